The second kappa shape index (κ2) is 5.97. The van der Waals surface area contributed by atoms with E-state index in [0.717, 1.165) is 6.07 Å². The van der Waals surface area contributed by atoms with Gasteiger partial charge in [0.15, 0.2) is 0 Å². The summed E-state index contributed by atoms with van der Waals surface area (Å²) in [4.78, 5) is 11.8. The van der Waals surface area contributed by atoms with E-state index in [9.17, 15) is 22.4 Å². The first-order chi connectivity index (χ1) is 10.2. The van der Waals surface area contributed by atoms with Gasteiger partial charge in [0.1, 0.15) is 16.6 Å². The number of hydrogen-bond donors (Lipinski definition) is 1. The van der Waals surface area contributed by atoms with Gasteiger partial charge in [-0.2, -0.15) is 18.4 Å². The number of carbonyl (C=O) groups excluding carboxylic acids is 1. The predicted molar refractivity (Wildman–Crippen MR) is 72.4 cm³/mol. The van der Waals surface area contributed by atoms with Crippen molar-refractivity contribution in [1.82, 2.24) is 5.32 Å². The first-order valence-corrected chi connectivity index (χ1v) is 7.29. The Hall–Kier alpha value is -1.46. The van der Waals surface area contributed by atoms with Gasteiger partial charge in [-0.3, -0.25) is 4.79 Å². The lowest BCUT2D eigenvalue weighted by molar-refractivity contribution is -0.192. The van der Waals surface area contributed by atoms with Gasteiger partial charge >= 0.3 is 6.18 Å². The molecule has 1 aromatic rings. The number of hydrogen-bond acceptors (Lipinski definition) is 3. The molecule has 0 unspecified atom stereocenters. The third-order valence-corrected chi connectivity index (χ3v) is 4.52. The summed E-state index contributed by atoms with van der Waals surface area (Å²) in [6.45, 7) is -0.274. The molecule has 0 aromatic heterocycles. The quantitative estimate of drug-likeness (QED) is 0.506. The fourth-order valence-corrected chi connectivity index (χ4v) is 2.68. The number of thioether (sulfide) groups is 1. The first kappa shape index (κ1) is 16.9. The third kappa shape index (κ3) is 3.15. The van der Waals surface area contributed by atoms with E-state index in [1.54, 1.807) is 5.40 Å². The SMILES string of the molecule is N#CSc1cc(CNC(=O)C2(C(F)(F)F)CC2)cc(F)c1Cl. The maximum atomic E-state index is 13.6. The van der Waals surface area contributed by atoms with Crippen LogP contribution in [0.5, 0.6) is 0 Å². The number of nitriles is 1. The highest BCUT2D eigenvalue weighted by atomic mass is 35.5. The molecule has 1 N–H and O–H groups in total. The Morgan fingerprint density at radius 3 is 2.59 bits per heavy atom. The van der Waals surface area contributed by atoms with Gasteiger partial charge in [0, 0.05) is 11.4 Å². The Balaban J connectivity index is 2.10. The number of nitrogens with zero attached hydrogens (tertiary/aromatic N) is 1. The summed E-state index contributed by atoms with van der Waals surface area (Å²) in [6.07, 6.45) is -5.08. The highest BCUT2D eigenvalue weighted by Gasteiger charge is 2.68. The average Bonchev–Trinajstić information content (AvgIpc) is 3.22. The van der Waals surface area contributed by atoms with Crippen LogP contribution in [0.25, 0.3) is 0 Å². The number of thiocyanates is 1. The molecule has 0 aliphatic heterocycles. The fraction of sp³-hybridized carbons (Fsp3) is 0.385. The van der Waals surface area contributed by atoms with E-state index in [2.05, 4.69) is 5.32 Å². The molecule has 1 amide bonds. The lowest BCUT2D eigenvalue weighted by Gasteiger charge is -2.18. The summed E-state index contributed by atoms with van der Waals surface area (Å²) in [6, 6.07) is 2.37. The third-order valence-electron chi connectivity index (χ3n) is 3.39. The van der Waals surface area contributed by atoms with Crippen molar-refractivity contribution in [2.45, 2.75) is 30.5 Å². The maximum Gasteiger partial charge on any atom is 0.403 e. The first-order valence-electron chi connectivity index (χ1n) is 6.10. The average molecular weight is 353 g/mol. The second-order valence-electron chi connectivity index (χ2n) is 4.85. The van der Waals surface area contributed by atoms with Gasteiger partial charge in [-0.15, -0.1) is 0 Å². The Morgan fingerprint density at radius 1 is 1.45 bits per heavy atom. The van der Waals surface area contributed by atoms with Gasteiger partial charge in [0.2, 0.25) is 5.91 Å². The van der Waals surface area contributed by atoms with Crippen molar-refractivity contribution in [3.05, 3.63) is 28.5 Å². The maximum absolute atomic E-state index is 13.6. The zero-order valence-corrected chi connectivity index (χ0v) is 12.5. The molecule has 1 aromatic carbocycles. The van der Waals surface area contributed by atoms with E-state index < -0.39 is 23.3 Å². The molecule has 0 radical (unpaired) electrons. The van der Waals surface area contributed by atoms with Crippen LogP contribution in [0.1, 0.15) is 18.4 Å². The van der Waals surface area contributed by atoms with Gasteiger partial charge in [-0.25, -0.2) is 4.39 Å². The highest BCUT2D eigenvalue weighted by molar-refractivity contribution is 8.03. The lowest BCUT2D eigenvalue weighted by Crippen LogP contribution is -2.40. The van der Waals surface area contributed by atoms with E-state index in [1.807, 2.05) is 0 Å². The van der Waals surface area contributed by atoms with Crippen LogP contribution >= 0.6 is 23.4 Å². The van der Waals surface area contributed by atoms with Gasteiger partial charge in [0.05, 0.1) is 5.02 Å². The van der Waals surface area contributed by atoms with Crippen molar-refractivity contribution < 1.29 is 22.4 Å². The molecule has 0 spiro atoms. The van der Waals surface area contributed by atoms with E-state index >= 15 is 0 Å². The number of halogens is 5. The summed E-state index contributed by atoms with van der Waals surface area (Å²) in [5, 5.41) is 12.2. The number of alkyl halides is 3. The molecule has 3 nitrogen and oxygen atoms in total. The molecule has 0 atom stereocenters. The Labute approximate surface area is 132 Å². The summed E-state index contributed by atoms with van der Waals surface area (Å²) in [5.41, 5.74) is -2.09. The number of carbonyl (C=O) groups is 1. The molecule has 0 bridgehead atoms. The van der Waals surface area contributed by atoms with Crippen LogP contribution in [0, 0.1) is 21.9 Å². The van der Waals surface area contributed by atoms with Crippen molar-refractivity contribution in [3.63, 3.8) is 0 Å². The number of nitrogens with one attached hydrogen (secondary N) is 1. The molecule has 0 heterocycles. The Bertz CT molecular complexity index is 653. The monoisotopic (exact) mass is 352 g/mol. The van der Waals surface area contributed by atoms with Crippen molar-refractivity contribution in [1.29, 1.82) is 5.26 Å². The molecular formula is C13H9ClF4N2OS. The van der Waals surface area contributed by atoms with Gasteiger partial charge in [-0.05, 0) is 42.3 Å². The molecule has 118 valence electrons. The van der Waals surface area contributed by atoms with Crippen molar-refractivity contribution in [2.75, 3.05) is 0 Å². The standard InChI is InChI=1S/C13H9ClF4N2OS/c14-10-8(15)3-7(4-9(10)22-6-19)5-20-11(21)12(1-2-12)13(16,17)18/h3-4H,1-2,5H2,(H,20,21). The molecule has 1 fully saturated rings. The van der Waals surface area contributed by atoms with E-state index in [-0.39, 0.29) is 34.9 Å². The largest absolute Gasteiger partial charge is 0.403 e. The second-order valence-corrected chi connectivity index (χ2v) is 6.05. The summed E-state index contributed by atoms with van der Waals surface area (Å²) in [5.74, 6) is -1.92. The van der Waals surface area contributed by atoms with Crippen LogP contribution in [0.15, 0.2) is 17.0 Å². The lowest BCUT2D eigenvalue weighted by atomic mass is 10.1. The molecule has 1 aliphatic rings. The topological polar surface area (TPSA) is 52.9 Å². The van der Waals surface area contributed by atoms with Crippen LogP contribution < -0.4 is 5.32 Å². The highest BCUT2D eigenvalue weighted by Crippen LogP contribution is 2.57. The normalized spacial score (nSPS) is 16.0. The number of benzene rings is 1. The van der Waals surface area contributed by atoms with Crippen LogP contribution in [-0.2, 0) is 11.3 Å². The van der Waals surface area contributed by atoms with E-state index in [0.29, 0.717) is 11.8 Å². The minimum Gasteiger partial charge on any atom is -0.351 e. The number of rotatable bonds is 4. The molecule has 22 heavy (non-hydrogen) atoms. The summed E-state index contributed by atoms with van der Waals surface area (Å²) < 4.78 is 51.9. The summed E-state index contributed by atoms with van der Waals surface area (Å²) >= 11 is 6.29. The predicted octanol–water partition coefficient (Wildman–Crippen LogP) is 4.01. The minimum atomic E-state index is -4.59. The molecule has 9 heteroatoms. The van der Waals surface area contributed by atoms with E-state index in [1.165, 1.54) is 6.07 Å². The zero-order chi connectivity index (χ0) is 16.5. The zero-order valence-electron chi connectivity index (χ0n) is 10.9. The fourth-order valence-electron chi connectivity index (χ4n) is 1.96. The van der Waals surface area contributed by atoms with Crippen LogP contribution in [0.3, 0.4) is 0 Å². The molecule has 1 saturated carbocycles. The molecule has 1 aliphatic carbocycles. The van der Waals surface area contributed by atoms with Gasteiger partial charge in [-0.1, -0.05) is 11.6 Å². The molecule has 2 rings (SSSR count). The van der Waals surface area contributed by atoms with E-state index in [4.69, 9.17) is 16.9 Å². The van der Waals surface area contributed by atoms with Crippen LogP contribution in [0.2, 0.25) is 5.02 Å². The van der Waals surface area contributed by atoms with Crippen molar-refractivity contribution in [3.8, 4) is 5.40 Å². The number of amides is 1. The van der Waals surface area contributed by atoms with Gasteiger partial charge < -0.3 is 5.32 Å². The molecular weight excluding hydrogens is 344 g/mol. The van der Waals surface area contributed by atoms with Crippen molar-refractivity contribution >= 4 is 29.3 Å². The minimum absolute atomic E-state index is 0.144. The Morgan fingerprint density at radius 2 is 2.09 bits per heavy atom. The van der Waals surface area contributed by atoms with Gasteiger partial charge in [0.25, 0.3) is 0 Å². The van der Waals surface area contributed by atoms with Crippen LogP contribution in [-0.4, -0.2) is 12.1 Å². The van der Waals surface area contributed by atoms with Crippen LogP contribution in [0.4, 0.5) is 17.6 Å². The van der Waals surface area contributed by atoms with Crippen molar-refractivity contribution in [2.24, 2.45) is 5.41 Å². The molecule has 0 saturated heterocycles. The Kier molecular flexibility index (Phi) is 4.59. The smallest absolute Gasteiger partial charge is 0.351 e. The summed E-state index contributed by atoms with van der Waals surface area (Å²) in [7, 11) is 0.